The molecule has 0 spiro atoms. The Bertz CT molecular complexity index is 595. The summed E-state index contributed by atoms with van der Waals surface area (Å²) < 4.78 is 0. The lowest BCUT2D eigenvalue weighted by molar-refractivity contribution is -0.129. The number of benzene rings is 1. The summed E-state index contributed by atoms with van der Waals surface area (Å²) in [6.45, 7) is 3.40. The molecule has 0 fully saturated rings. The topological polar surface area (TPSA) is 75.6 Å². The molecular weight excluding hydrogens is 304 g/mol. The molecule has 0 saturated heterocycles. The number of halogens is 1. The van der Waals surface area contributed by atoms with Crippen LogP contribution in [0.3, 0.4) is 0 Å². The Labute approximate surface area is 134 Å². The predicted octanol–water partition coefficient (Wildman–Crippen LogP) is 2.98. The van der Waals surface area contributed by atoms with Gasteiger partial charge in [0.15, 0.2) is 0 Å². The Morgan fingerprint density at radius 2 is 1.82 bits per heavy atom. The van der Waals surface area contributed by atoms with E-state index in [-0.39, 0.29) is 35.3 Å². The highest BCUT2D eigenvalue weighted by molar-refractivity contribution is 6.36. The van der Waals surface area contributed by atoms with Crippen LogP contribution in [0, 0.1) is 5.92 Å². The van der Waals surface area contributed by atoms with Crippen molar-refractivity contribution < 1.29 is 14.4 Å². The van der Waals surface area contributed by atoms with Crippen molar-refractivity contribution in [3.8, 4) is 0 Å². The highest BCUT2D eigenvalue weighted by Crippen LogP contribution is 2.28. The van der Waals surface area contributed by atoms with Crippen molar-refractivity contribution in [2.45, 2.75) is 26.7 Å². The van der Waals surface area contributed by atoms with Crippen LogP contribution < -0.4 is 5.32 Å². The lowest BCUT2D eigenvalue weighted by Crippen LogP contribution is -2.24. The molecule has 0 aliphatic carbocycles. The third-order valence-electron chi connectivity index (χ3n) is 3.20. The molecule has 0 aliphatic heterocycles. The molecule has 6 heteroatoms. The fourth-order valence-corrected chi connectivity index (χ4v) is 2.13. The maximum absolute atomic E-state index is 11.8. The predicted molar refractivity (Wildman–Crippen MR) is 87.1 cm³/mol. The number of amides is 1. The summed E-state index contributed by atoms with van der Waals surface area (Å²) in [4.78, 5) is 39.5. The molecule has 0 heterocycles. The van der Waals surface area contributed by atoms with Crippen LogP contribution in [0.25, 0.3) is 0 Å². The number of rotatable bonds is 7. The summed E-state index contributed by atoms with van der Waals surface area (Å²) in [6, 6.07) is 4.84. The minimum atomic E-state index is -0.866. The van der Waals surface area contributed by atoms with Crippen LogP contribution in [0.1, 0.15) is 37.0 Å². The van der Waals surface area contributed by atoms with Crippen LogP contribution in [-0.2, 0) is 9.59 Å². The minimum absolute atomic E-state index is 0.185. The van der Waals surface area contributed by atoms with Crippen molar-refractivity contribution in [2.24, 2.45) is 10.9 Å². The van der Waals surface area contributed by atoms with Crippen molar-refractivity contribution >= 4 is 41.0 Å². The summed E-state index contributed by atoms with van der Waals surface area (Å²) in [5.74, 6) is -1.56. The minimum Gasteiger partial charge on any atom is -0.355 e. The molecule has 0 unspecified atom stereocenters. The lowest BCUT2D eigenvalue weighted by atomic mass is 9.97. The SMILES string of the molecule is CCC(=O)C(C=Nc1cccc(C(=O)NC)c1Cl)C(=O)CC. The number of hydrogen-bond acceptors (Lipinski definition) is 4. The molecule has 0 aliphatic rings. The van der Waals surface area contributed by atoms with E-state index in [0.717, 1.165) is 0 Å². The van der Waals surface area contributed by atoms with Gasteiger partial charge in [-0.3, -0.25) is 19.4 Å². The van der Waals surface area contributed by atoms with Crippen LogP contribution in [0.5, 0.6) is 0 Å². The number of Topliss-reactive ketones (excluding diaryl/α,β-unsaturated/α-hetero) is 2. The van der Waals surface area contributed by atoms with Crippen LogP contribution in [-0.4, -0.2) is 30.7 Å². The van der Waals surface area contributed by atoms with Gasteiger partial charge in [0.1, 0.15) is 17.5 Å². The summed E-state index contributed by atoms with van der Waals surface area (Å²) in [7, 11) is 1.50. The maximum atomic E-state index is 11.8. The van der Waals surface area contributed by atoms with Crippen LogP contribution in [0.2, 0.25) is 5.02 Å². The second kappa shape index (κ2) is 8.44. The monoisotopic (exact) mass is 322 g/mol. The molecule has 22 heavy (non-hydrogen) atoms. The third kappa shape index (κ3) is 4.24. The normalized spacial score (nSPS) is 11.0. The molecule has 118 valence electrons. The Kier molecular flexibility index (Phi) is 6.92. The number of ketones is 2. The van der Waals surface area contributed by atoms with Gasteiger partial charge in [0.25, 0.3) is 5.91 Å². The van der Waals surface area contributed by atoms with Crippen molar-refractivity contribution in [3.63, 3.8) is 0 Å². The summed E-state index contributed by atoms with van der Waals surface area (Å²) in [5, 5.41) is 2.67. The molecule has 1 aromatic rings. The molecule has 1 N–H and O–H groups in total. The van der Waals surface area contributed by atoms with E-state index in [2.05, 4.69) is 10.3 Å². The average Bonchev–Trinajstić information content (AvgIpc) is 2.54. The summed E-state index contributed by atoms with van der Waals surface area (Å²) in [5.41, 5.74) is 0.638. The van der Waals surface area contributed by atoms with Crippen molar-refractivity contribution in [1.29, 1.82) is 0 Å². The van der Waals surface area contributed by atoms with Crippen molar-refractivity contribution in [1.82, 2.24) is 5.32 Å². The molecule has 0 bridgehead atoms. The molecule has 5 nitrogen and oxygen atoms in total. The van der Waals surface area contributed by atoms with Gasteiger partial charge in [-0.1, -0.05) is 31.5 Å². The van der Waals surface area contributed by atoms with Gasteiger partial charge in [-0.25, -0.2) is 0 Å². The molecule has 0 atom stereocenters. The molecule has 1 rings (SSSR count). The maximum Gasteiger partial charge on any atom is 0.252 e. The number of hydrogen-bond donors (Lipinski definition) is 1. The zero-order chi connectivity index (χ0) is 16.7. The molecule has 1 amide bonds. The van der Waals surface area contributed by atoms with E-state index in [1.165, 1.54) is 13.3 Å². The quantitative estimate of drug-likeness (QED) is 0.619. The van der Waals surface area contributed by atoms with Gasteiger partial charge in [0, 0.05) is 26.1 Å². The molecule has 0 radical (unpaired) electrons. The van der Waals surface area contributed by atoms with Crippen LogP contribution in [0.15, 0.2) is 23.2 Å². The number of carbonyl (C=O) groups excluding carboxylic acids is 3. The number of nitrogens with one attached hydrogen (secondary N) is 1. The van der Waals surface area contributed by atoms with Gasteiger partial charge < -0.3 is 5.32 Å². The summed E-state index contributed by atoms with van der Waals surface area (Å²) in [6.07, 6.45) is 1.83. The smallest absolute Gasteiger partial charge is 0.252 e. The number of aliphatic imine (C=N–C) groups is 1. The van der Waals surface area contributed by atoms with Gasteiger partial charge in [0.2, 0.25) is 0 Å². The first-order valence-electron chi connectivity index (χ1n) is 7.06. The molecular formula is C16H19ClN2O3. The highest BCUT2D eigenvalue weighted by atomic mass is 35.5. The molecule has 0 saturated carbocycles. The van der Waals surface area contributed by atoms with E-state index < -0.39 is 5.92 Å². The Morgan fingerprint density at radius 3 is 2.32 bits per heavy atom. The van der Waals surface area contributed by atoms with Crippen LogP contribution in [0.4, 0.5) is 5.69 Å². The van der Waals surface area contributed by atoms with Crippen molar-refractivity contribution in [2.75, 3.05) is 7.05 Å². The zero-order valence-electron chi connectivity index (χ0n) is 12.9. The number of carbonyl (C=O) groups is 3. The van der Waals surface area contributed by atoms with Gasteiger partial charge in [-0.15, -0.1) is 0 Å². The largest absolute Gasteiger partial charge is 0.355 e. The lowest BCUT2D eigenvalue weighted by Gasteiger charge is -2.08. The van der Waals surface area contributed by atoms with Gasteiger partial charge in [-0.2, -0.15) is 0 Å². The molecule has 0 aromatic heterocycles. The third-order valence-corrected chi connectivity index (χ3v) is 3.60. The molecule has 1 aromatic carbocycles. The van der Waals surface area contributed by atoms with Crippen LogP contribution >= 0.6 is 11.6 Å². The first-order valence-corrected chi connectivity index (χ1v) is 7.44. The van der Waals surface area contributed by atoms with Gasteiger partial charge >= 0.3 is 0 Å². The average molecular weight is 323 g/mol. The fraction of sp³-hybridized carbons (Fsp3) is 0.375. The number of nitrogens with zero attached hydrogens (tertiary/aromatic N) is 1. The van der Waals surface area contributed by atoms with E-state index >= 15 is 0 Å². The van der Waals surface area contributed by atoms with Gasteiger partial charge in [0.05, 0.1) is 16.3 Å². The Balaban J connectivity index is 3.13. The first-order chi connectivity index (χ1) is 10.5. The van der Waals surface area contributed by atoms with E-state index in [4.69, 9.17) is 11.6 Å². The van der Waals surface area contributed by atoms with Crippen molar-refractivity contribution in [3.05, 3.63) is 28.8 Å². The Hall–Kier alpha value is -2.01. The first kappa shape index (κ1) is 18.0. The fourth-order valence-electron chi connectivity index (χ4n) is 1.87. The highest BCUT2D eigenvalue weighted by Gasteiger charge is 2.21. The van der Waals surface area contributed by atoms with E-state index in [0.29, 0.717) is 11.3 Å². The standard InChI is InChI=1S/C16H19ClN2O3/c1-4-13(20)11(14(21)5-2)9-19-12-8-6-7-10(15(12)17)16(22)18-3/h6-9,11H,4-5H2,1-3H3,(H,18,22). The second-order valence-electron chi connectivity index (χ2n) is 4.61. The van der Waals surface area contributed by atoms with Gasteiger partial charge in [-0.05, 0) is 12.1 Å². The Morgan fingerprint density at radius 1 is 1.23 bits per heavy atom. The summed E-state index contributed by atoms with van der Waals surface area (Å²) >= 11 is 6.15. The van der Waals surface area contributed by atoms with E-state index in [1.54, 1.807) is 32.0 Å². The second-order valence-corrected chi connectivity index (χ2v) is 4.99. The zero-order valence-corrected chi connectivity index (χ0v) is 13.6. The van der Waals surface area contributed by atoms with E-state index in [9.17, 15) is 14.4 Å². The van der Waals surface area contributed by atoms with E-state index in [1.807, 2.05) is 0 Å².